The van der Waals surface area contributed by atoms with Gasteiger partial charge < -0.3 is 14.4 Å². The summed E-state index contributed by atoms with van der Waals surface area (Å²) >= 11 is 0. The maximum absolute atomic E-state index is 12.8. The van der Waals surface area contributed by atoms with Crippen LogP contribution in [0.4, 0.5) is 0 Å². The zero-order chi connectivity index (χ0) is 15.6. The summed E-state index contributed by atoms with van der Waals surface area (Å²) in [4.78, 5) is 17.4. The fourth-order valence-corrected chi connectivity index (χ4v) is 4.09. The van der Waals surface area contributed by atoms with E-state index in [4.69, 9.17) is 9.47 Å². The Balaban J connectivity index is 1.49. The van der Waals surface area contributed by atoms with E-state index in [-0.39, 0.29) is 11.5 Å². The monoisotopic (exact) mass is 310 g/mol. The van der Waals surface area contributed by atoms with Gasteiger partial charge in [0.05, 0.1) is 18.8 Å². The van der Waals surface area contributed by atoms with E-state index in [0.29, 0.717) is 18.6 Å². The molecule has 0 N–H and O–H groups in total. The van der Waals surface area contributed by atoms with E-state index >= 15 is 0 Å². The summed E-state index contributed by atoms with van der Waals surface area (Å²) in [5.41, 5.74) is -0.148. The van der Waals surface area contributed by atoms with Gasteiger partial charge in [0.1, 0.15) is 0 Å². The fourth-order valence-electron chi connectivity index (χ4n) is 4.09. The van der Waals surface area contributed by atoms with Crippen molar-refractivity contribution in [3.05, 3.63) is 0 Å². The van der Waals surface area contributed by atoms with Crippen LogP contribution >= 0.6 is 0 Å². The Hall–Kier alpha value is -0.650. The number of hydrogen-bond acceptors (Lipinski definition) is 4. The van der Waals surface area contributed by atoms with Crippen LogP contribution in [0.25, 0.3) is 0 Å². The van der Waals surface area contributed by atoms with E-state index < -0.39 is 0 Å². The summed E-state index contributed by atoms with van der Waals surface area (Å²) in [6.07, 6.45) is 3.96. The van der Waals surface area contributed by atoms with Crippen LogP contribution in [0.5, 0.6) is 0 Å². The molecule has 0 saturated carbocycles. The highest BCUT2D eigenvalue weighted by Crippen LogP contribution is 2.30. The van der Waals surface area contributed by atoms with Gasteiger partial charge in [-0.25, -0.2) is 0 Å². The van der Waals surface area contributed by atoms with Crippen molar-refractivity contribution in [2.45, 2.75) is 51.2 Å². The van der Waals surface area contributed by atoms with Crippen LogP contribution in [0.1, 0.15) is 39.5 Å². The van der Waals surface area contributed by atoms with Crippen molar-refractivity contribution in [2.75, 3.05) is 46.0 Å². The highest BCUT2D eigenvalue weighted by molar-refractivity contribution is 5.79. The summed E-state index contributed by atoms with van der Waals surface area (Å²) in [7, 11) is 0. The van der Waals surface area contributed by atoms with E-state index in [1.165, 1.54) is 0 Å². The first-order chi connectivity index (χ1) is 10.6. The molecule has 1 amide bonds. The number of likely N-dealkylation sites (tertiary alicyclic amines) is 1. The lowest BCUT2D eigenvalue weighted by molar-refractivity contribution is -0.147. The zero-order valence-electron chi connectivity index (χ0n) is 14.1. The quantitative estimate of drug-likeness (QED) is 0.775. The van der Waals surface area contributed by atoms with Crippen molar-refractivity contribution >= 4 is 5.91 Å². The van der Waals surface area contributed by atoms with Gasteiger partial charge >= 0.3 is 0 Å². The molecule has 3 aliphatic heterocycles. The lowest BCUT2D eigenvalue weighted by Crippen LogP contribution is -2.52. The molecule has 0 aromatic carbocycles. The van der Waals surface area contributed by atoms with E-state index in [1.54, 1.807) is 0 Å². The number of hydrogen-bond donors (Lipinski definition) is 0. The highest BCUT2D eigenvalue weighted by atomic mass is 16.5. The molecule has 22 heavy (non-hydrogen) atoms. The lowest BCUT2D eigenvalue weighted by atomic mass is 9.87. The predicted octanol–water partition coefficient (Wildman–Crippen LogP) is 1.51. The van der Waals surface area contributed by atoms with Crippen LogP contribution in [-0.2, 0) is 14.3 Å². The molecule has 126 valence electrons. The van der Waals surface area contributed by atoms with E-state index in [9.17, 15) is 4.79 Å². The van der Waals surface area contributed by atoms with E-state index in [1.807, 2.05) is 0 Å². The number of rotatable bonds is 2. The van der Waals surface area contributed by atoms with Crippen molar-refractivity contribution in [3.8, 4) is 0 Å². The third-order valence-corrected chi connectivity index (χ3v) is 5.38. The molecule has 3 saturated heterocycles. The molecular weight excluding hydrogens is 280 g/mol. The van der Waals surface area contributed by atoms with Gasteiger partial charge in [-0.3, -0.25) is 9.69 Å². The topological polar surface area (TPSA) is 42.0 Å². The molecular formula is C17H30N2O3. The average molecular weight is 310 g/mol. The third-order valence-electron chi connectivity index (χ3n) is 5.38. The Labute approximate surface area is 133 Å². The molecule has 0 spiro atoms. The van der Waals surface area contributed by atoms with E-state index in [2.05, 4.69) is 23.6 Å². The van der Waals surface area contributed by atoms with Crippen LogP contribution in [0.2, 0.25) is 0 Å². The smallest absolute Gasteiger partial charge is 0.225 e. The number of nitrogens with zero attached hydrogens (tertiary/aromatic N) is 2. The Bertz CT molecular complexity index is 385. The predicted molar refractivity (Wildman–Crippen MR) is 84.7 cm³/mol. The molecule has 0 aromatic rings. The largest absolute Gasteiger partial charge is 0.379 e. The zero-order valence-corrected chi connectivity index (χ0v) is 14.1. The number of morpholine rings is 1. The fraction of sp³-hybridized carbons (Fsp3) is 0.941. The van der Waals surface area contributed by atoms with Gasteiger partial charge in [0.2, 0.25) is 5.91 Å². The highest BCUT2D eigenvalue weighted by Gasteiger charge is 2.36. The molecule has 5 nitrogen and oxygen atoms in total. The first kappa shape index (κ1) is 16.2. The third kappa shape index (κ3) is 3.81. The molecule has 0 bridgehead atoms. The molecule has 5 heteroatoms. The van der Waals surface area contributed by atoms with Gasteiger partial charge in [-0.2, -0.15) is 0 Å². The van der Waals surface area contributed by atoms with Crippen molar-refractivity contribution < 1.29 is 14.3 Å². The van der Waals surface area contributed by atoms with E-state index in [0.717, 1.165) is 65.1 Å². The number of amides is 1. The molecule has 0 aromatic heterocycles. The Morgan fingerprint density at radius 3 is 2.32 bits per heavy atom. The standard InChI is InChI=1S/C17H30N2O3/c1-17(2)13-14(5-10-22-17)16(20)19-6-3-15(4-7-19)18-8-11-21-12-9-18/h14-15H,3-13H2,1-2H3/t14-/m1/s1. The Morgan fingerprint density at radius 2 is 1.68 bits per heavy atom. The summed E-state index contributed by atoms with van der Waals surface area (Å²) in [5.74, 6) is 0.514. The maximum Gasteiger partial charge on any atom is 0.225 e. The average Bonchev–Trinajstić information content (AvgIpc) is 2.54. The Kier molecular flexibility index (Phi) is 5.05. The molecule has 0 radical (unpaired) electrons. The van der Waals surface area contributed by atoms with Crippen molar-refractivity contribution in [1.82, 2.24) is 9.80 Å². The van der Waals surface area contributed by atoms with Gasteiger partial charge in [-0.15, -0.1) is 0 Å². The molecule has 0 aliphatic carbocycles. The van der Waals surface area contributed by atoms with Crippen molar-refractivity contribution in [1.29, 1.82) is 0 Å². The normalized spacial score (nSPS) is 31.2. The SMILES string of the molecule is CC1(C)C[C@H](C(=O)N2CCC(N3CCOCC3)CC2)CCO1. The minimum Gasteiger partial charge on any atom is -0.379 e. The first-order valence-electron chi connectivity index (χ1n) is 8.80. The summed E-state index contributed by atoms with van der Waals surface area (Å²) < 4.78 is 11.2. The van der Waals surface area contributed by atoms with Gasteiger partial charge in [-0.05, 0) is 39.5 Å². The summed E-state index contributed by atoms with van der Waals surface area (Å²) in [6, 6.07) is 0.638. The lowest BCUT2D eigenvalue weighted by Gasteiger charge is -2.42. The number of carbonyl (C=O) groups excluding carboxylic acids is 1. The number of carbonyl (C=O) groups is 1. The molecule has 3 aliphatic rings. The second-order valence-corrected chi connectivity index (χ2v) is 7.50. The van der Waals surface area contributed by atoms with Crippen LogP contribution in [0.15, 0.2) is 0 Å². The van der Waals surface area contributed by atoms with Crippen LogP contribution in [-0.4, -0.2) is 73.3 Å². The molecule has 1 atom stereocenters. The minimum atomic E-state index is -0.148. The maximum atomic E-state index is 12.8. The molecule has 3 fully saturated rings. The number of ether oxygens (including phenoxy) is 2. The first-order valence-corrected chi connectivity index (χ1v) is 8.80. The number of piperidine rings is 1. The molecule has 3 heterocycles. The van der Waals surface area contributed by atoms with Crippen molar-refractivity contribution in [2.24, 2.45) is 5.92 Å². The van der Waals surface area contributed by atoms with Gasteiger partial charge in [0, 0.05) is 44.7 Å². The minimum absolute atomic E-state index is 0.148. The van der Waals surface area contributed by atoms with Crippen molar-refractivity contribution in [3.63, 3.8) is 0 Å². The molecule has 0 unspecified atom stereocenters. The second-order valence-electron chi connectivity index (χ2n) is 7.50. The van der Waals surface area contributed by atoms with Gasteiger partial charge in [0.15, 0.2) is 0 Å². The second kappa shape index (κ2) is 6.85. The Morgan fingerprint density at radius 1 is 1.00 bits per heavy atom. The van der Waals surface area contributed by atoms with Crippen LogP contribution in [0.3, 0.4) is 0 Å². The van der Waals surface area contributed by atoms with Gasteiger partial charge in [0.25, 0.3) is 0 Å². The van der Waals surface area contributed by atoms with Gasteiger partial charge in [-0.1, -0.05) is 0 Å². The van der Waals surface area contributed by atoms with Crippen LogP contribution < -0.4 is 0 Å². The van der Waals surface area contributed by atoms with Crippen LogP contribution in [0, 0.1) is 5.92 Å². The molecule has 3 rings (SSSR count). The summed E-state index contributed by atoms with van der Waals surface area (Å²) in [5, 5.41) is 0. The summed E-state index contributed by atoms with van der Waals surface area (Å²) in [6.45, 7) is 10.5.